The SMILES string of the molecule is [2H]c1c([2H])c([2H])c2c(c1[2H])c1c([2H])c([2H])c([2H])c([2H])c1n2-c1ccc2c(c1)N(c1c(-c3ccccc3)cc(-c3ccccc3)cc1-c1ccccc1)c1cc(C(C)(C)C)cc3c1B2c1ccc(-n2c4ccccc4c4cc5c(cc42)C2(c4ccccc4-c4ccccc42)c2ccccc2-5)cc1N3c1c(-c2ccccc2)cc(-c2ccccc2)cc1-c1ccccc1. The number of benzene rings is 18. The van der Waals surface area contributed by atoms with Crippen LogP contribution in [0.1, 0.15) is 59.6 Å². The summed E-state index contributed by atoms with van der Waals surface area (Å²) in [6.45, 7) is 6.33. The zero-order valence-corrected chi connectivity index (χ0v) is 65.0. The van der Waals surface area contributed by atoms with E-state index in [-0.39, 0.29) is 33.9 Å². The van der Waals surface area contributed by atoms with Crippen molar-refractivity contribution in [3.8, 4) is 100 Å². The number of hydrogen-bond acceptors (Lipinski definition) is 2. The van der Waals surface area contributed by atoms with Crippen molar-refractivity contribution < 1.29 is 11.0 Å². The van der Waals surface area contributed by atoms with E-state index in [2.05, 4.69) is 393 Å². The van der Waals surface area contributed by atoms with Gasteiger partial charge in [0.25, 0.3) is 6.71 Å². The molecule has 2 aromatic heterocycles. The molecule has 0 radical (unpaired) electrons. The van der Waals surface area contributed by atoms with E-state index in [0.29, 0.717) is 5.69 Å². The van der Waals surface area contributed by atoms with Crippen LogP contribution >= 0.6 is 0 Å². The Kier molecular flexibility index (Phi) is 13.3. The van der Waals surface area contributed by atoms with Gasteiger partial charge in [-0.1, -0.05) is 342 Å². The summed E-state index contributed by atoms with van der Waals surface area (Å²) < 4.78 is 80.8. The van der Waals surface area contributed by atoms with Gasteiger partial charge in [0.05, 0.1) is 49.8 Å². The maximum absolute atomic E-state index is 10.00. The van der Waals surface area contributed by atoms with E-state index in [1.807, 2.05) is 6.07 Å². The van der Waals surface area contributed by atoms with Crippen molar-refractivity contribution in [2.24, 2.45) is 0 Å². The second kappa shape index (κ2) is 26.1. The van der Waals surface area contributed by atoms with Crippen LogP contribution in [0.4, 0.5) is 34.1 Å². The van der Waals surface area contributed by atoms with E-state index in [1.54, 1.807) is 4.57 Å². The van der Waals surface area contributed by atoms with Crippen molar-refractivity contribution in [2.45, 2.75) is 31.6 Å². The standard InChI is InChI=1S/C113H77BN4/c1-112(2,3)80-66-107-109-108(67-80)118(111-91(76-42-18-8-19-43-76)64-79(73-36-12-5-13-37-73)65-92(111)77-44-20-9-21-45-77)106-69-82(116-103-57-33-27-51-88(103)94-70-93-85-48-24-30-54-97(85)113(98(93)71-104(94)116)95-52-28-22-46-83(95)84-47-23-29-53-96(84)113)59-61-100(106)114(109)99-60-58-81(115-101-55-31-25-49-86(101)87-50-26-32-56-102(87)115)68-105(99)117(107)110-89(74-38-14-6-15-39-74)62-78(72-34-10-4-11-35-72)63-90(110)75-40-16-7-17-41-75/h4-71H,1-3H3/i25D,26D,31D,32D,49D,50D,55D,56D. The summed E-state index contributed by atoms with van der Waals surface area (Å²) in [6, 6.07) is 130. The minimum absolute atomic E-state index is 0.00157. The monoisotopic (exact) mass is 1510 g/mol. The van der Waals surface area contributed by atoms with Gasteiger partial charge >= 0.3 is 0 Å². The van der Waals surface area contributed by atoms with Gasteiger partial charge in [-0.3, -0.25) is 0 Å². The molecule has 0 bridgehead atoms. The fraction of sp³-hybridized carbons (Fsp3) is 0.0442. The van der Waals surface area contributed by atoms with Crippen LogP contribution in [0, 0.1) is 0 Å². The Balaban J connectivity index is 0.872. The lowest BCUT2D eigenvalue weighted by Gasteiger charge is -2.46. The first-order valence-corrected chi connectivity index (χ1v) is 40.7. The van der Waals surface area contributed by atoms with Gasteiger partial charge in [-0.05, 0) is 207 Å². The summed E-state index contributed by atoms with van der Waals surface area (Å²) in [6.07, 6.45) is 0. The summed E-state index contributed by atoms with van der Waals surface area (Å²) in [7, 11) is 0. The van der Waals surface area contributed by atoms with E-state index in [4.69, 9.17) is 0 Å². The lowest BCUT2D eigenvalue weighted by atomic mass is 9.33. The summed E-state index contributed by atoms with van der Waals surface area (Å²) >= 11 is 0. The molecule has 5 heteroatoms. The highest BCUT2D eigenvalue weighted by Crippen LogP contribution is 2.64. The number of hydrogen-bond donors (Lipinski definition) is 0. The normalized spacial score (nSPS) is 14.2. The molecule has 4 aliphatic rings. The molecule has 4 nitrogen and oxygen atoms in total. The number of nitrogens with zero attached hydrogens (tertiary/aromatic N) is 4. The zero-order valence-electron chi connectivity index (χ0n) is 73.0. The van der Waals surface area contributed by atoms with Crippen LogP contribution in [-0.2, 0) is 10.8 Å². The molecule has 0 atom stereocenters. The molecule has 2 aliphatic heterocycles. The van der Waals surface area contributed by atoms with Crippen LogP contribution in [0.15, 0.2) is 412 Å². The van der Waals surface area contributed by atoms with Crippen LogP contribution in [0.25, 0.3) is 144 Å². The Labute approximate surface area is 698 Å². The number of anilines is 6. The third-order valence-electron chi connectivity index (χ3n) is 25.5. The third-order valence-corrected chi connectivity index (χ3v) is 25.5. The first-order chi connectivity index (χ1) is 61.5. The molecule has 4 heterocycles. The molecule has 24 rings (SSSR count). The molecule has 20 aromatic rings. The highest BCUT2D eigenvalue weighted by atomic mass is 15.2. The molecular formula is C113H77BN4. The van der Waals surface area contributed by atoms with Crippen molar-refractivity contribution in [3.05, 3.63) is 440 Å². The maximum atomic E-state index is 10.00. The Bertz CT molecular complexity index is 7800. The largest absolute Gasteiger partial charge is 0.310 e. The topological polar surface area (TPSA) is 16.3 Å². The van der Waals surface area contributed by atoms with Crippen molar-refractivity contribution >= 4 is 101 Å². The first-order valence-electron chi connectivity index (χ1n) is 44.7. The molecule has 0 amide bonds. The molecule has 0 N–H and O–H groups in total. The molecule has 0 saturated heterocycles. The van der Waals surface area contributed by atoms with Crippen LogP contribution in [0.5, 0.6) is 0 Å². The molecule has 0 unspecified atom stereocenters. The molecule has 0 fully saturated rings. The quantitative estimate of drug-likeness (QED) is 0.127. The Morgan fingerprint density at radius 2 is 0.627 bits per heavy atom. The maximum Gasteiger partial charge on any atom is 0.252 e. The van der Waals surface area contributed by atoms with Crippen LogP contribution in [-0.4, -0.2) is 15.8 Å². The van der Waals surface area contributed by atoms with E-state index in [1.165, 1.54) is 44.5 Å². The summed E-state index contributed by atoms with van der Waals surface area (Å²) in [5, 5.41) is 2.27. The minimum atomic E-state index is -0.632. The van der Waals surface area contributed by atoms with Gasteiger partial charge in [-0.25, -0.2) is 0 Å². The molecule has 18 aromatic carbocycles. The average Bonchev–Trinajstić information content (AvgIpc) is 1.44. The third kappa shape index (κ3) is 9.98. The fourth-order valence-corrected chi connectivity index (χ4v) is 20.4. The smallest absolute Gasteiger partial charge is 0.252 e. The highest BCUT2D eigenvalue weighted by Gasteiger charge is 2.53. The van der Waals surface area contributed by atoms with Gasteiger partial charge < -0.3 is 18.9 Å². The van der Waals surface area contributed by atoms with E-state index >= 15 is 0 Å². The number of para-hydroxylation sites is 3. The molecule has 2 aliphatic carbocycles. The van der Waals surface area contributed by atoms with Gasteiger partial charge in [-0.2, -0.15) is 0 Å². The lowest BCUT2D eigenvalue weighted by Crippen LogP contribution is -2.61. The van der Waals surface area contributed by atoms with Gasteiger partial charge in [0.2, 0.25) is 0 Å². The number of aromatic nitrogens is 2. The van der Waals surface area contributed by atoms with Crippen LogP contribution in [0.3, 0.4) is 0 Å². The Morgan fingerprint density at radius 3 is 1.05 bits per heavy atom. The first kappa shape index (κ1) is 59.9. The summed E-state index contributed by atoms with van der Waals surface area (Å²) in [5.41, 5.74) is 33.8. The Morgan fingerprint density at radius 1 is 0.263 bits per heavy atom. The van der Waals surface area contributed by atoms with E-state index in [0.717, 1.165) is 150 Å². The highest BCUT2D eigenvalue weighted by molar-refractivity contribution is 7.00. The van der Waals surface area contributed by atoms with Gasteiger partial charge in [0.1, 0.15) is 0 Å². The lowest BCUT2D eigenvalue weighted by molar-refractivity contribution is 0.590. The fourth-order valence-electron chi connectivity index (χ4n) is 20.4. The molecule has 552 valence electrons. The van der Waals surface area contributed by atoms with E-state index < -0.39 is 53.8 Å². The van der Waals surface area contributed by atoms with Crippen molar-refractivity contribution in [1.82, 2.24) is 9.13 Å². The summed E-state index contributed by atoms with van der Waals surface area (Å²) in [5.74, 6) is 0. The second-order valence-electron chi connectivity index (χ2n) is 32.7. The van der Waals surface area contributed by atoms with Crippen LogP contribution < -0.4 is 26.2 Å². The Hall–Kier alpha value is -14.8. The van der Waals surface area contributed by atoms with Gasteiger partial charge in [-0.15, -0.1) is 0 Å². The molecule has 1 spiro atoms. The van der Waals surface area contributed by atoms with Crippen LogP contribution in [0.2, 0.25) is 0 Å². The van der Waals surface area contributed by atoms with Gasteiger partial charge in [0, 0.05) is 77.9 Å². The zero-order chi connectivity index (χ0) is 85.0. The predicted octanol–water partition coefficient (Wildman–Crippen LogP) is 27.6. The number of rotatable bonds is 10. The number of fused-ring (bicyclic) bond motifs is 20. The van der Waals surface area contributed by atoms with E-state index in [9.17, 15) is 11.0 Å². The summed E-state index contributed by atoms with van der Waals surface area (Å²) in [4.78, 5) is 5.09. The molecular weight excluding hydrogens is 1420 g/mol. The second-order valence-corrected chi connectivity index (χ2v) is 32.7. The predicted molar refractivity (Wildman–Crippen MR) is 497 cm³/mol. The van der Waals surface area contributed by atoms with Crippen molar-refractivity contribution in [1.29, 1.82) is 0 Å². The molecule has 118 heavy (non-hydrogen) atoms. The van der Waals surface area contributed by atoms with Crippen molar-refractivity contribution in [3.63, 3.8) is 0 Å². The molecule has 0 saturated carbocycles. The minimum Gasteiger partial charge on any atom is -0.310 e. The van der Waals surface area contributed by atoms with Crippen molar-refractivity contribution in [2.75, 3.05) is 9.80 Å². The van der Waals surface area contributed by atoms with Gasteiger partial charge in [0.15, 0.2) is 0 Å². The average molecular weight is 1510 g/mol.